The molecule has 0 aliphatic carbocycles. The Hall–Kier alpha value is -1.93. The van der Waals surface area contributed by atoms with Gasteiger partial charge in [0.1, 0.15) is 6.04 Å². The van der Waals surface area contributed by atoms with Crippen molar-refractivity contribution >= 4 is 21.9 Å². The lowest BCUT2D eigenvalue weighted by atomic mass is 10.1. The normalized spacial score (nSPS) is 13.0. The van der Waals surface area contributed by atoms with E-state index in [2.05, 4.69) is 9.46 Å². The molecule has 1 amide bonds. The highest BCUT2D eigenvalue weighted by Gasteiger charge is 2.29. The minimum absolute atomic E-state index is 0.112. The molecule has 1 aromatic carbocycles. The fourth-order valence-electron chi connectivity index (χ4n) is 1.73. The van der Waals surface area contributed by atoms with E-state index >= 15 is 0 Å². The number of esters is 1. The van der Waals surface area contributed by atoms with E-state index in [9.17, 15) is 18.0 Å². The van der Waals surface area contributed by atoms with Crippen LogP contribution in [-0.2, 0) is 19.6 Å². The predicted octanol–water partition coefficient (Wildman–Crippen LogP) is 0.261. The minimum Gasteiger partial charge on any atom is -0.465 e. The molecular formula is C13H18N2O5S. The molecule has 7 nitrogen and oxygen atoms in total. The van der Waals surface area contributed by atoms with Crippen molar-refractivity contribution in [2.75, 3.05) is 7.11 Å². The van der Waals surface area contributed by atoms with E-state index in [0.29, 0.717) is 0 Å². The van der Waals surface area contributed by atoms with Crippen molar-refractivity contribution in [3.8, 4) is 0 Å². The van der Waals surface area contributed by atoms with Crippen molar-refractivity contribution < 1.29 is 22.7 Å². The topological polar surface area (TPSA) is 116 Å². The van der Waals surface area contributed by atoms with Crippen LogP contribution in [0.5, 0.6) is 0 Å². The van der Waals surface area contributed by atoms with Crippen LogP contribution in [0.4, 0.5) is 0 Å². The van der Waals surface area contributed by atoms with Gasteiger partial charge in [-0.2, -0.15) is 4.72 Å². The summed E-state index contributed by atoms with van der Waals surface area (Å²) in [5.74, 6) is -1.90. The molecule has 21 heavy (non-hydrogen) atoms. The van der Waals surface area contributed by atoms with E-state index in [1.807, 2.05) is 0 Å². The molecule has 1 aromatic rings. The van der Waals surface area contributed by atoms with E-state index in [4.69, 9.17) is 5.73 Å². The second kappa shape index (κ2) is 6.68. The summed E-state index contributed by atoms with van der Waals surface area (Å²) in [7, 11) is -2.93. The van der Waals surface area contributed by atoms with Crippen LogP contribution in [0.1, 0.15) is 24.2 Å². The zero-order valence-corrected chi connectivity index (χ0v) is 12.8. The van der Waals surface area contributed by atoms with Gasteiger partial charge in [-0.3, -0.25) is 4.79 Å². The Kier molecular flexibility index (Phi) is 5.45. The van der Waals surface area contributed by atoms with E-state index in [-0.39, 0.29) is 16.4 Å². The van der Waals surface area contributed by atoms with Crippen molar-refractivity contribution in [1.82, 2.24) is 4.72 Å². The summed E-state index contributed by atoms with van der Waals surface area (Å²) in [6.07, 6.45) is 0. The summed E-state index contributed by atoms with van der Waals surface area (Å²) in [6.45, 7) is 3.31. The molecule has 0 fully saturated rings. The average Bonchev–Trinajstić information content (AvgIpc) is 2.43. The third-order valence-electron chi connectivity index (χ3n) is 2.84. The number of benzene rings is 1. The fourth-order valence-corrected chi connectivity index (χ4v) is 3.28. The lowest BCUT2D eigenvalue weighted by molar-refractivity contribution is -0.120. The maximum atomic E-state index is 12.4. The molecular weight excluding hydrogens is 296 g/mol. The first kappa shape index (κ1) is 17.1. The number of carbonyl (C=O) groups excluding carboxylic acids is 2. The van der Waals surface area contributed by atoms with Gasteiger partial charge in [-0.25, -0.2) is 13.2 Å². The summed E-state index contributed by atoms with van der Waals surface area (Å²) in [5, 5.41) is 0. The summed E-state index contributed by atoms with van der Waals surface area (Å²) < 4.78 is 31.5. The molecule has 1 unspecified atom stereocenters. The summed E-state index contributed by atoms with van der Waals surface area (Å²) in [6, 6.07) is 4.50. The van der Waals surface area contributed by atoms with Crippen molar-refractivity contribution in [3.05, 3.63) is 29.8 Å². The van der Waals surface area contributed by atoms with Gasteiger partial charge in [0.05, 0.1) is 17.6 Å². The number of methoxy groups -OCH3 is 1. The number of hydrogen-bond acceptors (Lipinski definition) is 5. The van der Waals surface area contributed by atoms with Crippen molar-refractivity contribution in [3.63, 3.8) is 0 Å². The van der Waals surface area contributed by atoms with Crippen LogP contribution in [0.2, 0.25) is 0 Å². The zero-order chi connectivity index (χ0) is 16.2. The van der Waals surface area contributed by atoms with Gasteiger partial charge in [-0.15, -0.1) is 0 Å². The second-order valence-electron chi connectivity index (χ2n) is 4.73. The van der Waals surface area contributed by atoms with E-state index < -0.39 is 27.9 Å². The average molecular weight is 314 g/mol. The summed E-state index contributed by atoms with van der Waals surface area (Å²) >= 11 is 0. The quantitative estimate of drug-likeness (QED) is 0.731. The molecule has 0 radical (unpaired) electrons. The van der Waals surface area contributed by atoms with Gasteiger partial charge in [0, 0.05) is 0 Å². The molecule has 1 atom stereocenters. The first-order valence-electron chi connectivity index (χ1n) is 6.19. The Balaban J connectivity index is 3.26. The Morgan fingerprint density at radius 2 is 1.81 bits per heavy atom. The van der Waals surface area contributed by atoms with Crippen LogP contribution in [-0.4, -0.2) is 33.4 Å². The smallest absolute Gasteiger partial charge is 0.339 e. The number of nitrogens with two attached hydrogens (primary N) is 1. The highest BCUT2D eigenvalue weighted by atomic mass is 32.2. The van der Waals surface area contributed by atoms with Gasteiger partial charge >= 0.3 is 5.97 Å². The lowest BCUT2D eigenvalue weighted by Gasteiger charge is -2.19. The van der Waals surface area contributed by atoms with Crippen molar-refractivity contribution in [2.24, 2.45) is 11.7 Å². The Labute approximate surface area is 123 Å². The van der Waals surface area contributed by atoms with Crippen LogP contribution in [0.15, 0.2) is 29.2 Å². The number of primary amides is 1. The SMILES string of the molecule is COC(=O)c1ccccc1S(=O)(=O)NC(C(N)=O)C(C)C. The van der Waals surface area contributed by atoms with E-state index in [1.165, 1.54) is 24.3 Å². The molecule has 116 valence electrons. The minimum atomic E-state index is -4.09. The fraction of sp³-hybridized carbons (Fsp3) is 0.385. The summed E-state index contributed by atoms with van der Waals surface area (Å²) in [4.78, 5) is 22.7. The lowest BCUT2D eigenvalue weighted by Crippen LogP contribution is -2.47. The highest BCUT2D eigenvalue weighted by Crippen LogP contribution is 2.17. The molecule has 0 spiro atoms. The van der Waals surface area contributed by atoms with Gasteiger partial charge < -0.3 is 10.5 Å². The maximum Gasteiger partial charge on any atom is 0.339 e. The standard InChI is InChI=1S/C13H18N2O5S/c1-8(2)11(12(14)16)15-21(18,19)10-7-5-4-6-9(10)13(17)20-3/h4-8,11,15H,1-3H3,(H2,14,16). The number of sulfonamides is 1. The molecule has 0 aliphatic rings. The molecule has 0 heterocycles. The van der Waals surface area contributed by atoms with Gasteiger partial charge in [-0.05, 0) is 18.1 Å². The molecule has 3 N–H and O–H groups in total. The van der Waals surface area contributed by atoms with Crippen molar-refractivity contribution in [1.29, 1.82) is 0 Å². The second-order valence-corrected chi connectivity index (χ2v) is 6.42. The molecule has 8 heteroatoms. The number of rotatable bonds is 6. The number of hydrogen-bond donors (Lipinski definition) is 2. The first-order valence-corrected chi connectivity index (χ1v) is 7.68. The molecule has 1 rings (SSSR count). The molecule has 0 bridgehead atoms. The van der Waals surface area contributed by atoms with Gasteiger partial charge in [-0.1, -0.05) is 26.0 Å². The Morgan fingerprint density at radius 3 is 2.29 bits per heavy atom. The Bertz CT molecular complexity index is 640. The van der Waals surface area contributed by atoms with E-state index in [0.717, 1.165) is 7.11 Å². The Morgan fingerprint density at radius 1 is 1.24 bits per heavy atom. The third-order valence-corrected chi connectivity index (χ3v) is 4.34. The van der Waals surface area contributed by atoms with Crippen LogP contribution >= 0.6 is 0 Å². The largest absolute Gasteiger partial charge is 0.465 e. The molecule has 0 aromatic heterocycles. The van der Waals surface area contributed by atoms with Crippen LogP contribution in [0, 0.1) is 5.92 Å². The van der Waals surface area contributed by atoms with Gasteiger partial charge in [0.25, 0.3) is 0 Å². The zero-order valence-electron chi connectivity index (χ0n) is 12.0. The predicted molar refractivity (Wildman–Crippen MR) is 75.9 cm³/mol. The van der Waals surface area contributed by atoms with Crippen molar-refractivity contribution in [2.45, 2.75) is 24.8 Å². The van der Waals surface area contributed by atoms with Gasteiger partial charge in [0.2, 0.25) is 15.9 Å². The monoisotopic (exact) mass is 314 g/mol. The van der Waals surface area contributed by atoms with Crippen LogP contribution in [0.25, 0.3) is 0 Å². The van der Waals surface area contributed by atoms with Gasteiger partial charge in [0.15, 0.2) is 0 Å². The van der Waals surface area contributed by atoms with Crippen LogP contribution in [0.3, 0.4) is 0 Å². The molecule has 0 saturated heterocycles. The molecule has 0 aliphatic heterocycles. The highest BCUT2D eigenvalue weighted by molar-refractivity contribution is 7.89. The number of ether oxygens (including phenoxy) is 1. The third kappa shape index (κ3) is 4.02. The number of amides is 1. The van der Waals surface area contributed by atoms with E-state index in [1.54, 1.807) is 13.8 Å². The first-order chi connectivity index (χ1) is 9.70. The number of nitrogens with one attached hydrogen (secondary N) is 1. The van der Waals surface area contributed by atoms with Crippen LogP contribution < -0.4 is 10.5 Å². The number of carbonyl (C=O) groups is 2. The molecule has 0 saturated carbocycles. The summed E-state index contributed by atoms with van der Waals surface area (Å²) in [5.41, 5.74) is 5.08. The maximum absolute atomic E-state index is 12.4.